The molecule has 1 amide bonds. The zero-order valence-electron chi connectivity index (χ0n) is 10.7. The molecule has 1 fully saturated rings. The minimum Gasteiger partial charge on any atom is -0.379 e. The van der Waals surface area contributed by atoms with Gasteiger partial charge in [0, 0.05) is 17.1 Å². The van der Waals surface area contributed by atoms with Crippen molar-refractivity contribution in [1.29, 1.82) is 0 Å². The average Bonchev–Trinajstić information content (AvgIpc) is 2.96. The number of ether oxygens (including phenoxy) is 1. The molecule has 0 saturated carbocycles. The second kappa shape index (κ2) is 6.26. The Labute approximate surface area is 111 Å². The number of hydrogen-bond donors (Lipinski definition) is 2. The maximum absolute atomic E-state index is 12.1. The molecule has 5 nitrogen and oxygen atoms in total. The van der Waals surface area contributed by atoms with Crippen LogP contribution in [0.4, 0.5) is 0 Å². The number of carbonyl (C=O) groups is 1. The van der Waals surface area contributed by atoms with Crippen LogP contribution in [0.5, 0.6) is 0 Å². The average molecular weight is 269 g/mol. The van der Waals surface area contributed by atoms with Crippen LogP contribution in [-0.4, -0.2) is 36.7 Å². The Balaban J connectivity index is 1.83. The van der Waals surface area contributed by atoms with Crippen LogP contribution in [0, 0.1) is 12.8 Å². The molecule has 18 heavy (non-hydrogen) atoms. The summed E-state index contributed by atoms with van der Waals surface area (Å²) in [7, 11) is 0. The summed E-state index contributed by atoms with van der Waals surface area (Å²) in [6, 6.07) is 0.137. The fourth-order valence-corrected chi connectivity index (χ4v) is 2.80. The fourth-order valence-electron chi connectivity index (χ4n) is 2.07. The Hall–Kier alpha value is -0.980. The first kappa shape index (κ1) is 13.5. The number of nitrogens with one attached hydrogen (secondary N) is 2. The zero-order chi connectivity index (χ0) is 13.0. The van der Waals surface area contributed by atoms with Crippen LogP contribution in [0.25, 0.3) is 0 Å². The third-order valence-electron chi connectivity index (χ3n) is 2.99. The van der Waals surface area contributed by atoms with Gasteiger partial charge in [-0.15, -0.1) is 11.3 Å². The van der Waals surface area contributed by atoms with E-state index in [4.69, 9.17) is 4.74 Å². The molecule has 0 radical (unpaired) electrons. The Morgan fingerprint density at radius 1 is 1.61 bits per heavy atom. The molecule has 0 bridgehead atoms. The molecule has 1 aromatic rings. The molecule has 1 aliphatic heterocycles. The highest BCUT2D eigenvalue weighted by atomic mass is 32.1. The second-order valence-corrected chi connectivity index (χ2v) is 5.69. The number of amides is 1. The number of carbonyl (C=O) groups excluding carboxylic acids is 1. The highest BCUT2D eigenvalue weighted by molar-refractivity contribution is 7.11. The van der Waals surface area contributed by atoms with Gasteiger partial charge < -0.3 is 15.4 Å². The molecule has 0 spiro atoms. The van der Waals surface area contributed by atoms with Gasteiger partial charge in [-0.25, -0.2) is 4.98 Å². The highest BCUT2D eigenvalue weighted by Gasteiger charge is 2.33. The lowest BCUT2D eigenvalue weighted by Gasteiger charge is -2.17. The summed E-state index contributed by atoms with van der Waals surface area (Å²) < 4.78 is 5.37. The van der Waals surface area contributed by atoms with E-state index in [0.717, 1.165) is 16.4 Å². The van der Waals surface area contributed by atoms with Gasteiger partial charge in [0.2, 0.25) is 5.91 Å². The van der Waals surface area contributed by atoms with E-state index >= 15 is 0 Å². The molecular weight excluding hydrogens is 250 g/mol. The summed E-state index contributed by atoms with van der Waals surface area (Å²) in [4.78, 5) is 17.3. The molecule has 100 valence electrons. The predicted octanol–water partition coefficient (Wildman–Crippen LogP) is 0.692. The predicted molar refractivity (Wildman–Crippen MR) is 70.5 cm³/mol. The van der Waals surface area contributed by atoms with Gasteiger partial charge in [0.15, 0.2) is 0 Å². The lowest BCUT2D eigenvalue weighted by molar-refractivity contribution is -0.125. The lowest BCUT2D eigenvalue weighted by atomic mass is 10.0. The van der Waals surface area contributed by atoms with Crippen LogP contribution >= 0.6 is 11.3 Å². The van der Waals surface area contributed by atoms with Gasteiger partial charge >= 0.3 is 0 Å². The summed E-state index contributed by atoms with van der Waals surface area (Å²) in [5.74, 6) is -0.0246. The second-order valence-electron chi connectivity index (χ2n) is 4.37. The van der Waals surface area contributed by atoms with Crippen LogP contribution in [0.1, 0.15) is 16.8 Å². The normalized spacial score (nSPS) is 23.2. The molecule has 1 aliphatic rings. The summed E-state index contributed by atoms with van der Waals surface area (Å²) in [5, 5.41) is 7.26. The monoisotopic (exact) mass is 269 g/mol. The van der Waals surface area contributed by atoms with Crippen molar-refractivity contribution < 1.29 is 9.53 Å². The van der Waals surface area contributed by atoms with Gasteiger partial charge in [-0.3, -0.25) is 4.79 Å². The molecule has 1 aromatic heterocycles. The molecule has 6 heteroatoms. The number of nitrogens with zero attached hydrogens (tertiary/aromatic N) is 1. The summed E-state index contributed by atoms with van der Waals surface area (Å²) in [6.45, 7) is 6.53. The molecule has 2 atom stereocenters. The van der Waals surface area contributed by atoms with E-state index < -0.39 is 0 Å². The molecule has 0 aromatic carbocycles. The van der Waals surface area contributed by atoms with E-state index in [1.165, 1.54) is 0 Å². The van der Waals surface area contributed by atoms with Gasteiger partial charge in [-0.1, -0.05) is 6.92 Å². The Kier molecular flexibility index (Phi) is 4.68. The molecule has 0 aliphatic carbocycles. The van der Waals surface area contributed by atoms with Crippen molar-refractivity contribution in [1.82, 2.24) is 15.6 Å². The molecule has 2 rings (SSSR count). The first-order valence-corrected chi connectivity index (χ1v) is 7.02. The van der Waals surface area contributed by atoms with E-state index in [-0.39, 0.29) is 17.9 Å². The quantitative estimate of drug-likeness (QED) is 0.825. The van der Waals surface area contributed by atoms with Crippen molar-refractivity contribution >= 4 is 17.2 Å². The van der Waals surface area contributed by atoms with E-state index in [1.807, 2.05) is 20.0 Å². The number of rotatable bonds is 5. The van der Waals surface area contributed by atoms with Crippen molar-refractivity contribution in [3.05, 3.63) is 16.1 Å². The van der Waals surface area contributed by atoms with E-state index in [2.05, 4.69) is 15.6 Å². The van der Waals surface area contributed by atoms with Crippen molar-refractivity contribution in [2.45, 2.75) is 26.4 Å². The third-order valence-corrected chi connectivity index (χ3v) is 3.90. The zero-order valence-corrected chi connectivity index (χ0v) is 11.5. The van der Waals surface area contributed by atoms with Gasteiger partial charge in [-0.2, -0.15) is 0 Å². The smallest absolute Gasteiger partial charge is 0.227 e. The third kappa shape index (κ3) is 3.28. The maximum atomic E-state index is 12.1. The highest BCUT2D eigenvalue weighted by Crippen LogP contribution is 2.15. The Bertz CT molecular complexity index is 408. The number of aromatic nitrogens is 1. The number of likely N-dealkylation sites (N-methyl/N-ethyl adjacent to an activating group) is 1. The summed E-state index contributed by atoms with van der Waals surface area (Å²) in [6.07, 6.45) is 1.81. The molecular formula is C12H19N3O2S. The topological polar surface area (TPSA) is 63.2 Å². The van der Waals surface area contributed by atoms with E-state index in [9.17, 15) is 4.79 Å². The van der Waals surface area contributed by atoms with E-state index in [1.54, 1.807) is 11.3 Å². The first-order chi connectivity index (χ1) is 8.70. The number of hydrogen-bond acceptors (Lipinski definition) is 5. The van der Waals surface area contributed by atoms with Crippen LogP contribution in [0.3, 0.4) is 0 Å². The van der Waals surface area contributed by atoms with Crippen molar-refractivity contribution in [3.8, 4) is 0 Å². The van der Waals surface area contributed by atoms with Crippen LogP contribution in [0.2, 0.25) is 0 Å². The number of thiazole rings is 1. The van der Waals surface area contributed by atoms with Crippen molar-refractivity contribution in [2.75, 3.05) is 19.8 Å². The standard InChI is InChI=1S/C12H19N3O2S/c1-3-13-11-7-17-6-10(11)12(16)15-5-9-4-14-8(2)18-9/h4,10-11,13H,3,5-7H2,1-2H3,(H,15,16). The van der Waals surface area contributed by atoms with Crippen molar-refractivity contribution in [2.24, 2.45) is 5.92 Å². The van der Waals surface area contributed by atoms with Crippen LogP contribution < -0.4 is 10.6 Å². The fraction of sp³-hybridized carbons (Fsp3) is 0.667. The summed E-state index contributed by atoms with van der Waals surface area (Å²) in [5.41, 5.74) is 0. The van der Waals surface area contributed by atoms with Crippen molar-refractivity contribution in [3.63, 3.8) is 0 Å². The largest absolute Gasteiger partial charge is 0.379 e. The SMILES string of the molecule is CCNC1COCC1C(=O)NCc1cnc(C)s1. The molecule has 2 unspecified atom stereocenters. The molecule has 2 heterocycles. The van der Waals surface area contributed by atoms with Gasteiger partial charge in [-0.05, 0) is 13.5 Å². The Morgan fingerprint density at radius 2 is 2.44 bits per heavy atom. The maximum Gasteiger partial charge on any atom is 0.227 e. The minimum atomic E-state index is -0.0843. The van der Waals surface area contributed by atoms with Crippen LogP contribution in [0.15, 0.2) is 6.20 Å². The molecule has 1 saturated heterocycles. The lowest BCUT2D eigenvalue weighted by Crippen LogP contribution is -2.43. The molecule has 2 N–H and O–H groups in total. The Morgan fingerprint density at radius 3 is 3.11 bits per heavy atom. The van der Waals surface area contributed by atoms with E-state index in [0.29, 0.717) is 19.8 Å². The first-order valence-electron chi connectivity index (χ1n) is 6.21. The van der Waals surface area contributed by atoms with Gasteiger partial charge in [0.1, 0.15) is 0 Å². The number of aryl methyl sites for hydroxylation is 1. The minimum absolute atomic E-state index is 0.0597. The van der Waals surface area contributed by atoms with Gasteiger partial charge in [0.25, 0.3) is 0 Å². The van der Waals surface area contributed by atoms with Crippen LogP contribution in [-0.2, 0) is 16.1 Å². The van der Waals surface area contributed by atoms with Gasteiger partial charge in [0.05, 0.1) is 30.7 Å². The summed E-state index contributed by atoms with van der Waals surface area (Å²) >= 11 is 1.61.